The summed E-state index contributed by atoms with van der Waals surface area (Å²) in [5.74, 6) is 3.08. The van der Waals surface area contributed by atoms with Crippen LogP contribution in [0.15, 0.2) is 0 Å². The SMILES string of the molecule is C1CC2CN(CC3CC3)CC2CN1. The van der Waals surface area contributed by atoms with Gasteiger partial charge in [-0.05, 0) is 50.1 Å². The highest BCUT2D eigenvalue weighted by atomic mass is 15.2. The molecule has 2 heterocycles. The molecule has 2 heteroatoms. The molecule has 3 rings (SSSR count). The van der Waals surface area contributed by atoms with E-state index in [1.807, 2.05) is 0 Å². The van der Waals surface area contributed by atoms with Crippen LogP contribution in [-0.2, 0) is 0 Å². The Morgan fingerprint density at radius 2 is 1.92 bits per heavy atom. The third kappa shape index (κ3) is 1.75. The zero-order chi connectivity index (χ0) is 8.67. The molecule has 0 aromatic rings. The Bertz CT molecular complexity index is 175. The predicted octanol–water partition coefficient (Wildman–Crippen LogP) is 0.938. The van der Waals surface area contributed by atoms with Crippen LogP contribution in [0, 0.1) is 17.8 Å². The zero-order valence-corrected chi connectivity index (χ0v) is 8.34. The molecule has 13 heavy (non-hydrogen) atoms. The molecule has 1 aliphatic carbocycles. The first kappa shape index (κ1) is 8.25. The van der Waals surface area contributed by atoms with E-state index in [2.05, 4.69) is 10.2 Å². The van der Waals surface area contributed by atoms with Crippen LogP contribution in [0.2, 0.25) is 0 Å². The smallest absolute Gasteiger partial charge is 0.00252 e. The number of hydrogen-bond acceptors (Lipinski definition) is 2. The second-order valence-corrected chi connectivity index (χ2v) is 5.17. The van der Waals surface area contributed by atoms with Crippen molar-refractivity contribution in [3.8, 4) is 0 Å². The Labute approximate surface area is 80.7 Å². The largest absolute Gasteiger partial charge is 0.316 e. The maximum atomic E-state index is 3.52. The van der Waals surface area contributed by atoms with Crippen molar-refractivity contribution in [1.29, 1.82) is 0 Å². The molecule has 2 atom stereocenters. The van der Waals surface area contributed by atoms with Gasteiger partial charge in [-0.3, -0.25) is 0 Å². The minimum Gasteiger partial charge on any atom is -0.316 e. The van der Waals surface area contributed by atoms with Gasteiger partial charge in [-0.15, -0.1) is 0 Å². The summed E-state index contributed by atoms with van der Waals surface area (Å²) in [4.78, 5) is 2.72. The Balaban J connectivity index is 1.55. The van der Waals surface area contributed by atoms with E-state index in [1.54, 1.807) is 0 Å². The van der Waals surface area contributed by atoms with Gasteiger partial charge < -0.3 is 10.2 Å². The number of nitrogens with one attached hydrogen (secondary N) is 1. The number of likely N-dealkylation sites (tertiary alicyclic amines) is 1. The third-order valence-corrected chi connectivity index (χ3v) is 3.96. The maximum absolute atomic E-state index is 3.52. The van der Waals surface area contributed by atoms with Gasteiger partial charge in [0.2, 0.25) is 0 Å². The molecule has 0 spiro atoms. The topological polar surface area (TPSA) is 15.3 Å². The molecular weight excluding hydrogens is 160 g/mol. The number of nitrogens with zero attached hydrogens (tertiary/aromatic N) is 1. The molecule has 2 aliphatic heterocycles. The first-order valence-electron chi connectivity index (χ1n) is 5.85. The lowest BCUT2D eigenvalue weighted by molar-refractivity contribution is 0.308. The lowest BCUT2D eigenvalue weighted by Gasteiger charge is -2.24. The van der Waals surface area contributed by atoms with Crippen LogP contribution in [0.3, 0.4) is 0 Å². The fourth-order valence-corrected chi connectivity index (χ4v) is 2.98. The van der Waals surface area contributed by atoms with E-state index in [1.165, 1.54) is 52.0 Å². The maximum Gasteiger partial charge on any atom is 0.00252 e. The Morgan fingerprint density at radius 3 is 2.69 bits per heavy atom. The summed E-state index contributed by atoms with van der Waals surface area (Å²) < 4.78 is 0. The average molecular weight is 180 g/mol. The van der Waals surface area contributed by atoms with Crippen LogP contribution < -0.4 is 5.32 Å². The first-order valence-corrected chi connectivity index (χ1v) is 5.85. The summed E-state index contributed by atoms with van der Waals surface area (Å²) in [5.41, 5.74) is 0. The molecule has 0 amide bonds. The van der Waals surface area contributed by atoms with Gasteiger partial charge in [-0.2, -0.15) is 0 Å². The molecule has 0 bridgehead atoms. The summed E-state index contributed by atoms with van der Waals surface area (Å²) >= 11 is 0. The Hall–Kier alpha value is -0.0800. The van der Waals surface area contributed by atoms with Gasteiger partial charge >= 0.3 is 0 Å². The van der Waals surface area contributed by atoms with E-state index >= 15 is 0 Å². The highest BCUT2D eigenvalue weighted by molar-refractivity contribution is 4.90. The molecule has 0 aromatic carbocycles. The van der Waals surface area contributed by atoms with Gasteiger partial charge in [0, 0.05) is 19.6 Å². The molecule has 0 aromatic heterocycles. The van der Waals surface area contributed by atoms with Gasteiger partial charge in [0.25, 0.3) is 0 Å². The monoisotopic (exact) mass is 180 g/mol. The van der Waals surface area contributed by atoms with Gasteiger partial charge in [-0.1, -0.05) is 0 Å². The lowest BCUT2D eigenvalue weighted by atomic mass is 9.90. The van der Waals surface area contributed by atoms with Gasteiger partial charge in [0.1, 0.15) is 0 Å². The minimum absolute atomic E-state index is 0.979. The highest BCUT2D eigenvalue weighted by Gasteiger charge is 2.36. The lowest BCUT2D eigenvalue weighted by Crippen LogP contribution is -2.35. The van der Waals surface area contributed by atoms with Crippen molar-refractivity contribution in [1.82, 2.24) is 10.2 Å². The van der Waals surface area contributed by atoms with Crippen LogP contribution in [0.4, 0.5) is 0 Å². The van der Waals surface area contributed by atoms with Crippen molar-refractivity contribution >= 4 is 0 Å². The minimum atomic E-state index is 0.979. The molecule has 2 unspecified atom stereocenters. The summed E-state index contributed by atoms with van der Waals surface area (Å²) in [6, 6.07) is 0. The Morgan fingerprint density at radius 1 is 1.08 bits per heavy atom. The number of hydrogen-bond donors (Lipinski definition) is 1. The van der Waals surface area contributed by atoms with E-state index in [-0.39, 0.29) is 0 Å². The van der Waals surface area contributed by atoms with Crippen molar-refractivity contribution in [2.24, 2.45) is 17.8 Å². The molecule has 74 valence electrons. The summed E-state index contributed by atoms with van der Waals surface area (Å²) in [5, 5.41) is 3.52. The molecule has 2 saturated heterocycles. The molecule has 1 N–H and O–H groups in total. The molecule has 0 radical (unpaired) electrons. The third-order valence-electron chi connectivity index (χ3n) is 3.96. The summed E-state index contributed by atoms with van der Waals surface area (Å²) in [6.07, 6.45) is 4.43. The predicted molar refractivity (Wildman–Crippen MR) is 53.6 cm³/mol. The van der Waals surface area contributed by atoms with Crippen LogP contribution >= 0.6 is 0 Å². The Kier molecular flexibility index (Phi) is 2.06. The van der Waals surface area contributed by atoms with E-state index in [0.29, 0.717) is 0 Å². The van der Waals surface area contributed by atoms with Crippen LogP contribution in [0.25, 0.3) is 0 Å². The van der Waals surface area contributed by atoms with Crippen molar-refractivity contribution in [2.45, 2.75) is 19.3 Å². The van der Waals surface area contributed by atoms with Crippen molar-refractivity contribution < 1.29 is 0 Å². The molecule has 1 saturated carbocycles. The fourth-order valence-electron chi connectivity index (χ4n) is 2.98. The van der Waals surface area contributed by atoms with Crippen LogP contribution in [0.1, 0.15) is 19.3 Å². The van der Waals surface area contributed by atoms with Crippen molar-refractivity contribution in [2.75, 3.05) is 32.7 Å². The van der Waals surface area contributed by atoms with Gasteiger partial charge in [-0.25, -0.2) is 0 Å². The van der Waals surface area contributed by atoms with Crippen LogP contribution in [0.5, 0.6) is 0 Å². The summed E-state index contributed by atoms with van der Waals surface area (Å²) in [6.45, 7) is 6.74. The normalized spacial score (nSPS) is 40.6. The van der Waals surface area contributed by atoms with E-state index in [9.17, 15) is 0 Å². The zero-order valence-electron chi connectivity index (χ0n) is 8.34. The molecular formula is C11H20N2. The molecule has 2 nitrogen and oxygen atoms in total. The molecule has 3 aliphatic rings. The summed E-state index contributed by atoms with van der Waals surface area (Å²) in [7, 11) is 0. The van der Waals surface area contributed by atoms with Crippen molar-refractivity contribution in [3.05, 3.63) is 0 Å². The van der Waals surface area contributed by atoms with E-state index in [4.69, 9.17) is 0 Å². The van der Waals surface area contributed by atoms with Crippen LogP contribution in [-0.4, -0.2) is 37.6 Å². The van der Waals surface area contributed by atoms with E-state index < -0.39 is 0 Å². The number of piperidine rings is 1. The van der Waals surface area contributed by atoms with Crippen molar-refractivity contribution in [3.63, 3.8) is 0 Å². The number of fused-ring (bicyclic) bond motifs is 1. The van der Waals surface area contributed by atoms with E-state index in [0.717, 1.165) is 17.8 Å². The quantitative estimate of drug-likeness (QED) is 0.680. The average Bonchev–Trinajstić information content (AvgIpc) is 2.85. The first-order chi connectivity index (χ1) is 6.42. The second-order valence-electron chi connectivity index (χ2n) is 5.17. The van der Waals surface area contributed by atoms with Gasteiger partial charge in [0.05, 0.1) is 0 Å². The molecule has 3 fully saturated rings. The highest BCUT2D eigenvalue weighted by Crippen LogP contribution is 2.34. The standard InChI is InChI=1S/C11H20N2/c1-2-9(1)6-13-7-10-3-4-12-5-11(10)8-13/h9-12H,1-8H2. The second kappa shape index (κ2) is 3.25. The van der Waals surface area contributed by atoms with Gasteiger partial charge in [0.15, 0.2) is 0 Å². The fraction of sp³-hybridized carbons (Fsp3) is 1.00. The number of rotatable bonds is 2.